The second-order valence-electron chi connectivity index (χ2n) is 3.61. The van der Waals surface area contributed by atoms with E-state index < -0.39 is 0 Å². The van der Waals surface area contributed by atoms with Gasteiger partial charge in [-0.15, -0.1) is 0 Å². The number of hydrogen-bond donors (Lipinski definition) is 1. The molecule has 2 aliphatic rings. The maximum Gasteiger partial charge on any atom is 0.0696 e. The maximum absolute atomic E-state index is 9.52. The van der Waals surface area contributed by atoms with E-state index in [0.29, 0.717) is 6.04 Å². The predicted octanol–water partition coefficient (Wildman–Crippen LogP) is 0.604. The number of nitrogens with zero attached hydrogens (tertiary/aromatic N) is 1. The van der Waals surface area contributed by atoms with E-state index in [2.05, 4.69) is 11.9 Å². The molecule has 2 heterocycles. The van der Waals surface area contributed by atoms with Gasteiger partial charge in [0, 0.05) is 12.1 Å². The first-order valence-electron chi connectivity index (χ1n) is 4.19. The zero-order chi connectivity index (χ0) is 7.14. The highest BCUT2D eigenvalue weighted by atomic mass is 16.3. The number of hydrogen-bond acceptors (Lipinski definition) is 2. The van der Waals surface area contributed by atoms with Gasteiger partial charge in [0.15, 0.2) is 0 Å². The first-order valence-corrected chi connectivity index (χ1v) is 4.19. The average molecular weight is 141 g/mol. The molecule has 0 aromatic carbocycles. The number of aliphatic hydroxyl groups excluding tert-OH is 1. The molecular formula is C8H15NO. The molecule has 2 rings (SSSR count). The van der Waals surface area contributed by atoms with E-state index in [-0.39, 0.29) is 6.10 Å². The second kappa shape index (κ2) is 2.21. The van der Waals surface area contributed by atoms with Crippen LogP contribution in [0.25, 0.3) is 0 Å². The van der Waals surface area contributed by atoms with Crippen molar-refractivity contribution in [1.82, 2.24) is 4.90 Å². The molecule has 1 N–H and O–H groups in total. The van der Waals surface area contributed by atoms with E-state index in [1.54, 1.807) is 0 Å². The number of piperidine rings is 1. The lowest BCUT2D eigenvalue weighted by molar-refractivity contribution is 0.0294. The van der Waals surface area contributed by atoms with Crippen molar-refractivity contribution in [3.63, 3.8) is 0 Å². The van der Waals surface area contributed by atoms with Crippen molar-refractivity contribution < 1.29 is 5.11 Å². The summed E-state index contributed by atoms with van der Waals surface area (Å²) in [6.07, 6.45) is 4.71. The van der Waals surface area contributed by atoms with E-state index in [1.165, 1.54) is 19.3 Å². The monoisotopic (exact) mass is 141 g/mol. The summed E-state index contributed by atoms with van der Waals surface area (Å²) in [6, 6.07) is 1.27. The van der Waals surface area contributed by atoms with Crippen molar-refractivity contribution >= 4 is 0 Å². The minimum atomic E-state index is -0.0382. The van der Waals surface area contributed by atoms with Crippen molar-refractivity contribution in [2.45, 2.75) is 43.9 Å². The molecule has 0 aliphatic carbocycles. The second-order valence-corrected chi connectivity index (χ2v) is 3.61. The molecule has 10 heavy (non-hydrogen) atoms. The van der Waals surface area contributed by atoms with E-state index >= 15 is 0 Å². The zero-order valence-corrected chi connectivity index (χ0v) is 6.45. The summed E-state index contributed by atoms with van der Waals surface area (Å²) in [5.74, 6) is 0. The smallest absolute Gasteiger partial charge is 0.0696 e. The average Bonchev–Trinajstić information content (AvgIpc) is 2.13. The molecule has 0 radical (unpaired) electrons. The van der Waals surface area contributed by atoms with Crippen LogP contribution >= 0.6 is 0 Å². The molecule has 2 aliphatic heterocycles. The standard InChI is InChI=1S/C8H15NO/c1-9-6-2-4-7(9)8(10)5-3-6/h6-8,10H,2-5H2,1H3/t6-,7+,8-/m0/s1. The van der Waals surface area contributed by atoms with Gasteiger partial charge >= 0.3 is 0 Å². The number of fused-ring (bicyclic) bond motifs is 2. The molecular weight excluding hydrogens is 126 g/mol. The van der Waals surface area contributed by atoms with Gasteiger partial charge < -0.3 is 5.11 Å². The fourth-order valence-electron chi connectivity index (χ4n) is 2.41. The maximum atomic E-state index is 9.52. The lowest BCUT2D eigenvalue weighted by Crippen LogP contribution is -2.44. The van der Waals surface area contributed by atoms with Gasteiger partial charge in [-0.3, -0.25) is 4.90 Å². The van der Waals surface area contributed by atoms with E-state index in [0.717, 1.165) is 12.5 Å². The van der Waals surface area contributed by atoms with Gasteiger partial charge in [0.25, 0.3) is 0 Å². The molecule has 2 nitrogen and oxygen atoms in total. The van der Waals surface area contributed by atoms with E-state index in [1.807, 2.05) is 0 Å². The fourth-order valence-corrected chi connectivity index (χ4v) is 2.41. The number of rotatable bonds is 0. The van der Waals surface area contributed by atoms with Crippen LogP contribution in [0.2, 0.25) is 0 Å². The van der Waals surface area contributed by atoms with Crippen LogP contribution in [0.1, 0.15) is 25.7 Å². The SMILES string of the molecule is CN1[C@H]2CC[C@@H]1[C@@H](O)CC2. The Kier molecular flexibility index (Phi) is 1.46. The minimum Gasteiger partial charge on any atom is -0.391 e. The third-order valence-corrected chi connectivity index (χ3v) is 3.13. The van der Waals surface area contributed by atoms with Gasteiger partial charge in [0.1, 0.15) is 0 Å². The molecule has 0 aromatic rings. The summed E-state index contributed by atoms with van der Waals surface area (Å²) >= 11 is 0. The lowest BCUT2D eigenvalue weighted by Gasteiger charge is -2.34. The van der Waals surface area contributed by atoms with Gasteiger partial charge in [-0.25, -0.2) is 0 Å². The van der Waals surface area contributed by atoms with Crippen LogP contribution in [-0.4, -0.2) is 35.2 Å². The summed E-state index contributed by atoms with van der Waals surface area (Å²) in [6.45, 7) is 0. The molecule has 3 atom stereocenters. The highest BCUT2D eigenvalue weighted by molar-refractivity contribution is 4.94. The third kappa shape index (κ3) is 0.789. The first kappa shape index (κ1) is 6.62. The lowest BCUT2D eigenvalue weighted by atomic mass is 10.0. The Bertz CT molecular complexity index is 137. The van der Waals surface area contributed by atoms with Gasteiger partial charge in [-0.2, -0.15) is 0 Å². The van der Waals surface area contributed by atoms with Crippen LogP contribution < -0.4 is 0 Å². The summed E-state index contributed by atoms with van der Waals surface area (Å²) in [5.41, 5.74) is 0. The molecule has 2 heteroatoms. The van der Waals surface area contributed by atoms with Crippen molar-refractivity contribution in [2.75, 3.05) is 7.05 Å². The quantitative estimate of drug-likeness (QED) is 0.534. The van der Waals surface area contributed by atoms with Crippen LogP contribution in [-0.2, 0) is 0 Å². The Hall–Kier alpha value is -0.0800. The molecule has 2 saturated heterocycles. The van der Waals surface area contributed by atoms with Crippen molar-refractivity contribution in [3.8, 4) is 0 Å². The largest absolute Gasteiger partial charge is 0.391 e. The predicted molar refractivity (Wildman–Crippen MR) is 39.8 cm³/mol. The van der Waals surface area contributed by atoms with Gasteiger partial charge in [-0.05, 0) is 32.7 Å². The Morgan fingerprint density at radius 3 is 2.60 bits per heavy atom. The van der Waals surface area contributed by atoms with E-state index in [4.69, 9.17) is 0 Å². The summed E-state index contributed by atoms with van der Waals surface area (Å²) in [5, 5.41) is 9.52. The molecule has 0 aromatic heterocycles. The highest BCUT2D eigenvalue weighted by Crippen LogP contribution is 2.33. The highest BCUT2D eigenvalue weighted by Gasteiger charge is 2.38. The summed E-state index contributed by atoms with van der Waals surface area (Å²) in [4.78, 5) is 2.36. The zero-order valence-electron chi connectivity index (χ0n) is 6.45. The molecule has 2 bridgehead atoms. The molecule has 0 saturated carbocycles. The van der Waals surface area contributed by atoms with Gasteiger partial charge in [0.05, 0.1) is 6.10 Å². The summed E-state index contributed by atoms with van der Waals surface area (Å²) in [7, 11) is 2.14. The molecule has 58 valence electrons. The Labute approximate surface area is 61.8 Å². The van der Waals surface area contributed by atoms with Gasteiger partial charge in [-0.1, -0.05) is 0 Å². The topological polar surface area (TPSA) is 23.5 Å². The Morgan fingerprint density at radius 2 is 1.90 bits per heavy atom. The number of aliphatic hydroxyl groups is 1. The van der Waals surface area contributed by atoms with Crippen LogP contribution in [0.4, 0.5) is 0 Å². The molecule has 0 unspecified atom stereocenters. The fraction of sp³-hybridized carbons (Fsp3) is 1.00. The molecule has 2 fully saturated rings. The van der Waals surface area contributed by atoms with Crippen LogP contribution in [0.5, 0.6) is 0 Å². The van der Waals surface area contributed by atoms with Gasteiger partial charge in [0.2, 0.25) is 0 Å². The van der Waals surface area contributed by atoms with Crippen LogP contribution in [0.15, 0.2) is 0 Å². The van der Waals surface area contributed by atoms with Crippen molar-refractivity contribution in [1.29, 1.82) is 0 Å². The third-order valence-electron chi connectivity index (χ3n) is 3.13. The normalized spacial score (nSPS) is 48.0. The van der Waals surface area contributed by atoms with Crippen LogP contribution in [0, 0.1) is 0 Å². The minimum absolute atomic E-state index is 0.0382. The van der Waals surface area contributed by atoms with E-state index in [9.17, 15) is 5.11 Å². The summed E-state index contributed by atoms with van der Waals surface area (Å²) < 4.78 is 0. The first-order chi connectivity index (χ1) is 4.79. The van der Waals surface area contributed by atoms with Crippen molar-refractivity contribution in [2.24, 2.45) is 0 Å². The Morgan fingerprint density at radius 1 is 1.20 bits per heavy atom. The van der Waals surface area contributed by atoms with Crippen molar-refractivity contribution in [3.05, 3.63) is 0 Å². The molecule has 0 spiro atoms. The Balaban J connectivity index is 2.13. The van der Waals surface area contributed by atoms with Crippen LogP contribution in [0.3, 0.4) is 0 Å². The number of likely N-dealkylation sites (N-methyl/N-ethyl adjacent to an activating group) is 1. The molecule has 0 amide bonds.